The van der Waals surface area contributed by atoms with Crippen LogP contribution in [0.4, 0.5) is 14.6 Å². The lowest BCUT2D eigenvalue weighted by Crippen LogP contribution is -2.47. The number of hydrogen-bond acceptors (Lipinski definition) is 5. The van der Waals surface area contributed by atoms with E-state index in [1.54, 1.807) is 17.8 Å². The van der Waals surface area contributed by atoms with Gasteiger partial charge in [0, 0.05) is 26.1 Å². The maximum Gasteiger partial charge on any atom is 0.291 e. The van der Waals surface area contributed by atoms with Crippen LogP contribution in [-0.4, -0.2) is 49.9 Å². The van der Waals surface area contributed by atoms with Crippen molar-refractivity contribution in [3.63, 3.8) is 0 Å². The Balaban J connectivity index is 1.45. The summed E-state index contributed by atoms with van der Waals surface area (Å²) < 4.78 is 28.9. The summed E-state index contributed by atoms with van der Waals surface area (Å²) >= 11 is 0. The molecule has 1 aliphatic heterocycles. The summed E-state index contributed by atoms with van der Waals surface area (Å²) in [5, 5.41) is 13.4. The lowest BCUT2D eigenvalue weighted by molar-refractivity contribution is -0.120. The quantitative estimate of drug-likeness (QED) is 0.669. The monoisotopic (exact) mass is 415 g/mol. The predicted molar refractivity (Wildman–Crippen MR) is 102 cm³/mol. The molecule has 9 nitrogen and oxygen atoms in total. The molecule has 1 atom stereocenters. The van der Waals surface area contributed by atoms with Crippen molar-refractivity contribution in [2.24, 2.45) is 0 Å². The van der Waals surface area contributed by atoms with Crippen molar-refractivity contribution in [2.45, 2.75) is 32.4 Å². The molecule has 0 saturated heterocycles. The largest absolute Gasteiger partial charge is 0.337 e. The third kappa shape index (κ3) is 3.65. The fraction of sp³-hybridized carbons (Fsp3) is 0.316. The van der Waals surface area contributed by atoms with Crippen molar-refractivity contribution < 1.29 is 18.4 Å². The number of fused-ring (bicyclic) bond motifs is 1. The fourth-order valence-electron chi connectivity index (χ4n) is 3.39. The van der Waals surface area contributed by atoms with Crippen molar-refractivity contribution in [3.8, 4) is 0 Å². The molecule has 1 unspecified atom stereocenters. The lowest BCUT2D eigenvalue weighted by atomic mass is 10.1. The van der Waals surface area contributed by atoms with Crippen LogP contribution in [0, 0.1) is 18.6 Å². The van der Waals surface area contributed by atoms with E-state index in [1.165, 1.54) is 17.0 Å². The smallest absolute Gasteiger partial charge is 0.291 e. The van der Waals surface area contributed by atoms with Gasteiger partial charge in [0.2, 0.25) is 5.82 Å². The van der Waals surface area contributed by atoms with Crippen molar-refractivity contribution in [1.82, 2.24) is 30.3 Å². The zero-order valence-electron chi connectivity index (χ0n) is 16.3. The van der Waals surface area contributed by atoms with E-state index in [9.17, 15) is 18.4 Å². The number of amides is 2. The van der Waals surface area contributed by atoms with Gasteiger partial charge in [-0.1, -0.05) is 12.1 Å². The first-order chi connectivity index (χ1) is 14.3. The van der Waals surface area contributed by atoms with E-state index in [0.29, 0.717) is 18.8 Å². The molecular weight excluding hydrogens is 396 g/mol. The van der Waals surface area contributed by atoms with Crippen LogP contribution >= 0.6 is 0 Å². The summed E-state index contributed by atoms with van der Waals surface area (Å²) in [5.74, 6) is -2.18. The lowest BCUT2D eigenvalue weighted by Gasteiger charge is -2.19. The number of nitrogens with one attached hydrogen (secondary N) is 2. The van der Waals surface area contributed by atoms with Gasteiger partial charge in [-0.15, -0.1) is 5.10 Å². The number of likely N-dealkylation sites (N-methyl/N-ethyl adjacent to an activating group) is 1. The topological polar surface area (TPSA) is 109 Å². The number of benzene rings is 1. The minimum atomic E-state index is -0.972. The summed E-state index contributed by atoms with van der Waals surface area (Å²) in [4.78, 5) is 30.8. The third-order valence-corrected chi connectivity index (χ3v) is 4.91. The Morgan fingerprint density at radius 1 is 1.37 bits per heavy atom. The minimum Gasteiger partial charge on any atom is -0.337 e. The molecule has 0 radical (unpaired) electrons. The minimum absolute atomic E-state index is 0.0601. The maximum atomic E-state index is 13.8. The third-order valence-electron chi connectivity index (χ3n) is 4.91. The summed E-state index contributed by atoms with van der Waals surface area (Å²) in [6.07, 6.45) is 0.296. The Bertz CT molecular complexity index is 1120. The van der Waals surface area contributed by atoms with Crippen LogP contribution in [0.25, 0.3) is 0 Å². The first-order valence-electron chi connectivity index (χ1n) is 9.30. The van der Waals surface area contributed by atoms with Gasteiger partial charge in [-0.3, -0.25) is 19.6 Å². The molecule has 3 aromatic rings. The van der Waals surface area contributed by atoms with E-state index in [0.717, 1.165) is 11.8 Å². The van der Waals surface area contributed by atoms with Crippen molar-refractivity contribution in [3.05, 3.63) is 58.8 Å². The number of rotatable bonds is 4. The normalized spacial score (nSPS) is 16.3. The Labute approximate surface area is 170 Å². The molecule has 2 amide bonds. The standard InChI is InChI=1S/C19H19F2N7O2/c1-10-8-15-27(2)19(30)13(6-7-28(15)26-10)22-18(29)17-23-14(24-25-17)9-11-4-3-5-12(20)16(11)21/h3-5,8,13H,6-7,9H2,1-2H3,(H,22,29)(H,23,24,25). The van der Waals surface area contributed by atoms with Gasteiger partial charge in [-0.2, -0.15) is 5.10 Å². The average molecular weight is 415 g/mol. The molecule has 1 aliphatic rings. The highest BCUT2D eigenvalue weighted by atomic mass is 19.2. The predicted octanol–water partition coefficient (Wildman–Crippen LogP) is 1.34. The summed E-state index contributed by atoms with van der Waals surface area (Å²) in [5.41, 5.74) is 0.888. The number of halogens is 2. The summed E-state index contributed by atoms with van der Waals surface area (Å²) in [6.45, 7) is 2.30. The second-order valence-corrected chi connectivity index (χ2v) is 7.07. The number of carbonyl (C=O) groups excluding carboxylic acids is 2. The van der Waals surface area contributed by atoms with Crippen molar-refractivity contribution in [1.29, 1.82) is 0 Å². The number of H-pyrrole nitrogens is 1. The molecule has 3 heterocycles. The van der Waals surface area contributed by atoms with Gasteiger partial charge in [0.1, 0.15) is 17.7 Å². The highest BCUT2D eigenvalue weighted by Gasteiger charge is 2.31. The van der Waals surface area contributed by atoms with E-state index in [2.05, 4.69) is 25.6 Å². The number of hydrogen-bond donors (Lipinski definition) is 2. The number of aromatic nitrogens is 5. The van der Waals surface area contributed by atoms with E-state index in [1.807, 2.05) is 6.92 Å². The van der Waals surface area contributed by atoms with Crippen LogP contribution in [0.2, 0.25) is 0 Å². The van der Waals surface area contributed by atoms with Gasteiger partial charge < -0.3 is 5.32 Å². The Kier molecular flexibility index (Phi) is 5.02. The average Bonchev–Trinajstić information content (AvgIpc) is 3.31. The molecule has 11 heteroatoms. The molecule has 156 valence electrons. The van der Waals surface area contributed by atoms with E-state index < -0.39 is 23.6 Å². The first kappa shape index (κ1) is 19.7. The van der Waals surface area contributed by atoms with Gasteiger partial charge in [0.05, 0.1) is 5.69 Å². The van der Waals surface area contributed by atoms with Gasteiger partial charge in [0.15, 0.2) is 11.6 Å². The fourth-order valence-corrected chi connectivity index (χ4v) is 3.39. The molecular formula is C19H19F2N7O2. The molecule has 0 aliphatic carbocycles. The van der Waals surface area contributed by atoms with E-state index in [-0.39, 0.29) is 29.5 Å². The van der Waals surface area contributed by atoms with Gasteiger partial charge in [-0.25, -0.2) is 18.4 Å². The number of anilines is 1. The van der Waals surface area contributed by atoms with Crippen LogP contribution in [0.15, 0.2) is 24.3 Å². The van der Waals surface area contributed by atoms with Crippen LogP contribution < -0.4 is 10.2 Å². The van der Waals surface area contributed by atoms with Crippen molar-refractivity contribution in [2.75, 3.05) is 11.9 Å². The van der Waals surface area contributed by atoms with Crippen LogP contribution in [0.5, 0.6) is 0 Å². The van der Waals surface area contributed by atoms with Crippen LogP contribution in [0.3, 0.4) is 0 Å². The number of aryl methyl sites for hydroxylation is 2. The summed E-state index contributed by atoms with van der Waals surface area (Å²) in [6, 6.07) is 4.86. The molecule has 0 spiro atoms. The zero-order chi connectivity index (χ0) is 21.4. The van der Waals surface area contributed by atoms with Crippen LogP contribution in [0.1, 0.15) is 34.1 Å². The second-order valence-electron chi connectivity index (χ2n) is 7.07. The Hall–Kier alpha value is -3.63. The van der Waals surface area contributed by atoms with E-state index >= 15 is 0 Å². The summed E-state index contributed by atoms with van der Waals surface area (Å²) in [7, 11) is 1.62. The highest BCUT2D eigenvalue weighted by Crippen LogP contribution is 2.21. The highest BCUT2D eigenvalue weighted by molar-refractivity contribution is 6.00. The molecule has 0 saturated carbocycles. The molecule has 1 aromatic carbocycles. The van der Waals surface area contributed by atoms with Gasteiger partial charge in [-0.05, 0) is 25.0 Å². The van der Waals surface area contributed by atoms with E-state index in [4.69, 9.17) is 0 Å². The Morgan fingerprint density at radius 3 is 2.97 bits per heavy atom. The first-order valence-corrected chi connectivity index (χ1v) is 9.30. The second kappa shape index (κ2) is 7.65. The van der Waals surface area contributed by atoms with Crippen molar-refractivity contribution >= 4 is 17.6 Å². The molecule has 0 fully saturated rings. The maximum absolute atomic E-state index is 13.8. The molecule has 0 bridgehead atoms. The van der Waals surface area contributed by atoms with Crippen LogP contribution in [-0.2, 0) is 17.8 Å². The van der Waals surface area contributed by atoms with Gasteiger partial charge in [0.25, 0.3) is 11.8 Å². The number of carbonyl (C=O) groups is 2. The molecule has 2 aromatic heterocycles. The SMILES string of the molecule is Cc1cc2n(n1)CCC(NC(=O)c1n[nH]c(Cc3cccc(F)c3F)n1)C(=O)N2C. The molecule has 30 heavy (non-hydrogen) atoms. The zero-order valence-corrected chi connectivity index (χ0v) is 16.3. The number of aromatic amines is 1. The Morgan fingerprint density at radius 2 is 2.17 bits per heavy atom. The number of nitrogens with zero attached hydrogens (tertiary/aromatic N) is 5. The molecule has 2 N–H and O–H groups in total. The molecule has 4 rings (SSSR count). The van der Waals surface area contributed by atoms with Gasteiger partial charge >= 0.3 is 0 Å².